The first kappa shape index (κ1) is 19.7. The Balaban J connectivity index is 1.75. The van der Waals surface area contributed by atoms with E-state index in [-0.39, 0.29) is 5.82 Å². The maximum atomic E-state index is 13.3. The minimum atomic E-state index is -0.164. The summed E-state index contributed by atoms with van der Waals surface area (Å²) in [4.78, 5) is 9.29. The fourth-order valence-electron chi connectivity index (χ4n) is 3.12. The number of piperazine rings is 1. The molecule has 1 aromatic rings. The lowest BCUT2D eigenvalue weighted by molar-refractivity contribution is 0.107. The third-order valence-electron chi connectivity index (χ3n) is 4.95. The normalized spacial score (nSPS) is 18.2. The SMILES string of the molecule is CCN1CCN(C(C)CNC(=NC)NCc2ccc(F)c(C)c2)CC1. The summed E-state index contributed by atoms with van der Waals surface area (Å²) < 4.78 is 13.3. The predicted molar refractivity (Wildman–Crippen MR) is 102 cm³/mol. The number of halogens is 1. The van der Waals surface area contributed by atoms with Gasteiger partial charge in [0, 0.05) is 52.4 Å². The Labute approximate surface area is 151 Å². The van der Waals surface area contributed by atoms with Crippen molar-refractivity contribution in [3.8, 4) is 0 Å². The van der Waals surface area contributed by atoms with E-state index < -0.39 is 0 Å². The Hall–Kier alpha value is -1.66. The highest BCUT2D eigenvalue weighted by Crippen LogP contribution is 2.09. The van der Waals surface area contributed by atoms with Gasteiger partial charge >= 0.3 is 0 Å². The molecule has 0 radical (unpaired) electrons. The molecule has 2 N–H and O–H groups in total. The van der Waals surface area contributed by atoms with Crippen LogP contribution in [0, 0.1) is 12.7 Å². The summed E-state index contributed by atoms with van der Waals surface area (Å²) >= 11 is 0. The molecule has 2 rings (SSSR count). The molecular formula is C19H32FN5. The van der Waals surface area contributed by atoms with Gasteiger partial charge in [-0.25, -0.2) is 4.39 Å². The second kappa shape index (κ2) is 9.73. The van der Waals surface area contributed by atoms with Crippen LogP contribution in [0.1, 0.15) is 25.0 Å². The zero-order valence-corrected chi connectivity index (χ0v) is 16.0. The summed E-state index contributed by atoms with van der Waals surface area (Å²) in [6.45, 7) is 13.4. The van der Waals surface area contributed by atoms with Gasteiger partial charge < -0.3 is 15.5 Å². The quantitative estimate of drug-likeness (QED) is 0.607. The lowest BCUT2D eigenvalue weighted by atomic mass is 10.1. The maximum Gasteiger partial charge on any atom is 0.191 e. The summed E-state index contributed by atoms with van der Waals surface area (Å²) in [6.07, 6.45) is 0. The minimum Gasteiger partial charge on any atom is -0.355 e. The molecule has 1 unspecified atom stereocenters. The zero-order chi connectivity index (χ0) is 18.2. The van der Waals surface area contributed by atoms with Gasteiger partial charge in [0.05, 0.1) is 0 Å². The zero-order valence-electron chi connectivity index (χ0n) is 16.0. The van der Waals surface area contributed by atoms with Crippen LogP contribution in [0.2, 0.25) is 0 Å². The smallest absolute Gasteiger partial charge is 0.191 e. The summed E-state index contributed by atoms with van der Waals surface area (Å²) in [5.41, 5.74) is 1.72. The van der Waals surface area contributed by atoms with Crippen LogP contribution >= 0.6 is 0 Å². The second-order valence-electron chi connectivity index (χ2n) is 6.71. The van der Waals surface area contributed by atoms with Crippen LogP contribution < -0.4 is 10.6 Å². The number of likely N-dealkylation sites (N-methyl/N-ethyl adjacent to an activating group) is 1. The number of aryl methyl sites for hydroxylation is 1. The van der Waals surface area contributed by atoms with Gasteiger partial charge in [-0.2, -0.15) is 0 Å². The molecule has 1 heterocycles. The third-order valence-corrected chi connectivity index (χ3v) is 4.95. The van der Waals surface area contributed by atoms with Crippen molar-refractivity contribution in [2.75, 3.05) is 46.3 Å². The van der Waals surface area contributed by atoms with Crippen molar-refractivity contribution in [1.29, 1.82) is 0 Å². The molecule has 0 aliphatic carbocycles. The van der Waals surface area contributed by atoms with Crippen molar-refractivity contribution in [2.24, 2.45) is 4.99 Å². The molecule has 1 atom stereocenters. The van der Waals surface area contributed by atoms with Crippen molar-refractivity contribution < 1.29 is 4.39 Å². The highest BCUT2D eigenvalue weighted by Gasteiger charge is 2.20. The van der Waals surface area contributed by atoms with Crippen LogP contribution in [-0.4, -0.2) is 68.1 Å². The van der Waals surface area contributed by atoms with E-state index in [1.54, 1.807) is 20.0 Å². The van der Waals surface area contributed by atoms with E-state index in [9.17, 15) is 4.39 Å². The summed E-state index contributed by atoms with van der Waals surface area (Å²) in [6, 6.07) is 5.65. The molecule has 1 aliphatic rings. The monoisotopic (exact) mass is 349 g/mol. The summed E-state index contributed by atoms with van der Waals surface area (Å²) in [5.74, 6) is 0.615. The molecule has 0 saturated carbocycles. The molecule has 1 aromatic carbocycles. The molecular weight excluding hydrogens is 317 g/mol. The Bertz CT molecular complexity index is 567. The topological polar surface area (TPSA) is 42.9 Å². The number of hydrogen-bond acceptors (Lipinski definition) is 3. The predicted octanol–water partition coefficient (Wildman–Crippen LogP) is 1.83. The summed E-state index contributed by atoms with van der Waals surface area (Å²) in [5, 5.41) is 6.69. The Morgan fingerprint density at radius 3 is 2.56 bits per heavy atom. The van der Waals surface area contributed by atoms with E-state index in [1.807, 2.05) is 6.07 Å². The van der Waals surface area contributed by atoms with E-state index in [1.165, 1.54) is 6.07 Å². The number of rotatable bonds is 6. The lowest BCUT2D eigenvalue weighted by Gasteiger charge is -2.37. The van der Waals surface area contributed by atoms with Crippen molar-refractivity contribution >= 4 is 5.96 Å². The van der Waals surface area contributed by atoms with Gasteiger partial charge in [-0.3, -0.25) is 9.89 Å². The molecule has 140 valence electrons. The average Bonchev–Trinajstić information content (AvgIpc) is 2.64. The van der Waals surface area contributed by atoms with Gasteiger partial charge in [-0.15, -0.1) is 0 Å². The highest BCUT2D eigenvalue weighted by atomic mass is 19.1. The maximum absolute atomic E-state index is 13.3. The molecule has 0 amide bonds. The fourth-order valence-corrected chi connectivity index (χ4v) is 3.12. The van der Waals surface area contributed by atoms with E-state index in [2.05, 4.69) is 39.3 Å². The van der Waals surface area contributed by atoms with Crippen LogP contribution in [0.3, 0.4) is 0 Å². The van der Waals surface area contributed by atoms with Gasteiger partial charge in [0.2, 0.25) is 0 Å². The Kier molecular flexibility index (Phi) is 7.65. The van der Waals surface area contributed by atoms with Crippen LogP contribution in [0.4, 0.5) is 4.39 Å². The first-order valence-electron chi connectivity index (χ1n) is 9.19. The average molecular weight is 349 g/mol. The molecule has 0 bridgehead atoms. The summed E-state index contributed by atoms with van der Waals surface area (Å²) in [7, 11) is 1.77. The molecule has 5 nitrogen and oxygen atoms in total. The largest absolute Gasteiger partial charge is 0.355 e. The molecule has 0 aromatic heterocycles. The van der Waals surface area contributed by atoms with Crippen LogP contribution in [0.25, 0.3) is 0 Å². The first-order valence-corrected chi connectivity index (χ1v) is 9.19. The molecule has 6 heteroatoms. The Morgan fingerprint density at radius 2 is 1.96 bits per heavy atom. The van der Waals surface area contributed by atoms with Gasteiger partial charge in [-0.1, -0.05) is 19.1 Å². The number of benzene rings is 1. The van der Waals surface area contributed by atoms with Gasteiger partial charge in [0.25, 0.3) is 0 Å². The van der Waals surface area contributed by atoms with Crippen LogP contribution in [0.5, 0.6) is 0 Å². The molecule has 1 aliphatic heterocycles. The number of nitrogens with zero attached hydrogens (tertiary/aromatic N) is 3. The third kappa shape index (κ3) is 5.97. The Morgan fingerprint density at radius 1 is 1.24 bits per heavy atom. The molecule has 1 saturated heterocycles. The van der Waals surface area contributed by atoms with Crippen molar-refractivity contribution in [3.05, 3.63) is 35.1 Å². The van der Waals surface area contributed by atoms with Gasteiger partial charge in [0.15, 0.2) is 5.96 Å². The minimum absolute atomic E-state index is 0.164. The van der Waals surface area contributed by atoms with E-state index in [4.69, 9.17) is 0 Å². The van der Waals surface area contributed by atoms with Crippen LogP contribution in [0.15, 0.2) is 23.2 Å². The highest BCUT2D eigenvalue weighted by molar-refractivity contribution is 5.79. The standard InChI is InChI=1S/C19H32FN5/c1-5-24-8-10-25(11-9-24)16(3)13-22-19(21-4)23-14-17-6-7-18(20)15(2)12-17/h6-7,12,16H,5,8-11,13-14H2,1-4H3,(H2,21,22,23). The van der Waals surface area contributed by atoms with Crippen molar-refractivity contribution in [1.82, 2.24) is 20.4 Å². The lowest BCUT2D eigenvalue weighted by Crippen LogP contribution is -2.53. The molecule has 0 spiro atoms. The molecule has 25 heavy (non-hydrogen) atoms. The fraction of sp³-hybridized carbons (Fsp3) is 0.632. The van der Waals surface area contributed by atoms with E-state index in [0.717, 1.165) is 50.8 Å². The van der Waals surface area contributed by atoms with Gasteiger partial charge in [-0.05, 0) is 37.6 Å². The number of nitrogens with one attached hydrogen (secondary N) is 2. The van der Waals surface area contributed by atoms with Crippen LogP contribution in [-0.2, 0) is 6.54 Å². The number of hydrogen-bond donors (Lipinski definition) is 2. The first-order chi connectivity index (χ1) is 12.0. The van der Waals surface area contributed by atoms with Crippen molar-refractivity contribution in [3.63, 3.8) is 0 Å². The van der Waals surface area contributed by atoms with E-state index >= 15 is 0 Å². The number of aliphatic imine (C=N–C) groups is 1. The second-order valence-corrected chi connectivity index (χ2v) is 6.71. The van der Waals surface area contributed by atoms with E-state index in [0.29, 0.717) is 18.2 Å². The number of guanidine groups is 1. The van der Waals surface area contributed by atoms with Crippen molar-refractivity contribution in [2.45, 2.75) is 33.4 Å². The van der Waals surface area contributed by atoms with Gasteiger partial charge in [0.1, 0.15) is 5.82 Å². The molecule has 1 fully saturated rings.